The smallest absolute Gasteiger partial charge is 0.251 e. The molecular formula is C35H31N3O2. The van der Waals surface area contributed by atoms with Gasteiger partial charge in [-0.05, 0) is 87.8 Å². The second-order valence-electron chi connectivity index (χ2n) is 10.3. The summed E-state index contributed by atoms with van der Waals surface area (Å²) in [5, 5.41) is 5.46. The van der Waals surface area contributed by atoms with Gasteiger partial charge in [0.1, 0.15) is 0 Å². The summed E-state index contributed by atoms with van der Waals surface area (Å²) in [6.07, 6.45) is 1.98. The summed E-state index contributed by atoms with van der Waals surface area (Å²) in [5.41, 5.74) is 13.5. The van der Waals surface area contributed by atoms with E-state index in [1.54, 1.807) is 12.1 Å². The summed E-state index contributed by atoms with van der Waals surface area (Å²) in [7, 11) is 0. The number of aryl methyl sites for hydroxylation is 1. The van der Waals surface area contributed by atoms with Crippen LogP contribution in [0.25, 0.3) is 21.9 Å². The maximum absolute atomic E-state index is 13.1. The van der Waals surface area contributed by atoms with E-state index in [1.807, 2.05) is 42.5 Å². The molecule has 5 nitrogen and oxygen atoms in total. The molecule has 40 heavy (non-hydrogen) atoms. The Morgan fingerprint density at radius 2 is 1.52 bits per heavy atom. The van der Waals surface area contributed by atoms with E-state index in [2.05, 4.69) is 64.8 Å². The Bertz CT molecular complexity index is 1710. The molecule has 0 atom stereocenters. The summed E-state index contributed by atoms with van der Waals surface area (Å²) in [6.45, 7) is 2.20. The zero-order chi connectivity index (χ0) is 27.5. The molecule has 0 spiro atoms. The minimum absolute atomic E-state index is 0.0576. The highest BCUT2D eigenvalue weighted by Crippen LogP contribution is 2.32. The molecule has 0 aromatic heterocycles. The number of primary amides is 1. The molecule has 5 aromatic carbocycles. The van der Waals surface area contributed by atoms with Gasteiger partial charge in [0, 0.05) is 36.4 Å². The number of carbonyl (C=O) groups excluding carboxylic acids is 2. The van der Waals surface area contributed by atoms with Crippen molar-refractivity contribution < 1.29 is 9.59 Å². The minimum atomic E-state index is -0.425. The normalized spacial score (nSPS) is 12.7. The standard InChI is InChI=1S/C35H31N3O2/c36-34(39)27-15-13-26(14-16-27)32-10-4-3-8-31(32)23-38-19-5-9-29-21-30(17-18-33(29)38)35(40)37-22-24-11-12-25-6-1-2-7-28(25)20-24/h1-4,6-8,10-18,20-21H,5,9,19,22-23H2,(H2,36,39)(H,37,40). The van der Waals surface area contributed by atoms with Gasteiger partial charge in [-0.25, -0.2) is 0 Å². The van der Waals surface area contributed by atoms with Crippen molar-refractivity contribution in [2.75, 3.05) is 11.4 Å². The van der Waals surface area contributed by atoms with E-state index in [0.29, 0.717) is 17.7 Å². The number of hydrogen-bond acceptors (Lipinski definition) is 3. The van der Waals surface area contributed by atoms with Gasteiger partial charge < -0.3 is 16.0 Å². The van der Waals surface area contributed by atoms with Crippen molar-refractivity contribution in [3.05, 3.63) is 137 Å². The second-order valence-corrected chi connectivity index (χ2v) is 10.3. The number of nitrogens with two attached hydrogens (primary N) is 1. The molecule has 2 amide bonds. The van der Waals surface area contributed by atoms with Crippen molar-refractivity contribution in [2.24, 2.45) is 5.73 Å². The van der Waals surface area contributed by atoms with E-state index in [-0.39, 0.29) is 5.91 Å². The van der Waals surface area contributed by atoms with Crippen LogP contribution in [0.15, 0.2) is 109 Å². The van der Waals surface area contributed by atoms with E-state index in [1.165, 1.54) is 27.6 Å². The molecule has 0 saturated carbocycles. The number of benzene rings is 5. The number of carbonyl (C=O) groups is 2. The highest BCUT2D eigenvalue weighted by atomic mass is 16.2. The monoisotopic (exact) mass is 525 g/mol. The van der Waals surface area contributed by atoms with Crippen LogP contribution < -0.4 is 16.0 Å². The topological polar surface area (TPSA) is 75.4 Å². The van der Waals surface area contributed by atoms with Crippen LogP contribution >= 0.6 is 0 Å². The van der Waals surface area contributed by atoms with Gasteiger partial charge in [0.2, 0.25) is 5.91 Å². The van der Waals surface area contributed by atoms with Crippen molar-refractivity contribution in [3.8, 4) is 11.1 Å². The van der Waals surface area contributed by atoms with E-state index >= 15 is 0 Å². The average Bonchev–Trinajstić information content (AvgIpc) is 3.00. The van der Waals surface area contributed by atoms with Crippen molar-refractivity contribution in [1.82, 2.24) is 5.32 Å². The van der Waals surface area contributed by atoms with Crippen LogP contribution in [0, 0.1) is 0 Å². The molecule has 0 radical (unpaired) electrons. The van der Waals surface area contributed by atoms with E-state index in [9.17, 15) is 9.59 Å². The lowest BCUT2D eigenvalue weighted by Gasteiger charge is -2.32. The number of hydrogen-bond donors (Lipinski definition) is 2. The third-order valence-corrected chi connectivity index (χ3v) is 7.68. The quantitative estimate of drug-likeness (QED) is 0.255. The molecule has 0 fully saturated rings. The molecule has 198 valence electrons. The molecule has 0 saturated heterocycles. The first-order valence-corrected chi connectivity index (χ1v) is 13.7. The van der Waals surface area contributed by atoms with Crippen LogP contribution in [0.4, 0.5) is 5.69 Å². The predicted molar refractivity (Wildman–Crippen MR) is 161 cm³/mol. The second kappa shape index (κ2) is 11.1. The molecule has 5 heteroatoms. The molecular weight excluding hydrogens is 494 g/mol. The lowest BCUT2D eigenvalue weighted by atomic mass is 9.95. The van der Waals surface area contributed by atoms with Crippen LogP contribution in [0.2, 0.25) is 0 Å². The molecule has 1 aliphatic heterocycles. The van der Waals surface area contributed by atoms with Gasteiger partial charge in [-0.1, -0.05) is 72.8 Å². The Kier molecular flexibility index (Phi) is 7.02. The van der Waals surface area contributed by atoms with Crippen molar-refractivity contribution in [3.63, 3.8) is 0 Å². The number of nitrogens with one attached hydrogen (secondary N) is 1. The van der Waals surface area contributed by atoms with Gasteiger partial charge in [-0.3, -0.25) is 9.59 Å². The number of rotatable bonds is 7. The Labute approximate surface area is 234 Å². The zero-order valence-electron chi connectivity index (χ0n) is 22.3. The van der Waals surface area contributed by atoms with Crippen molar-refractivity contribution >= 4 is 28.3 Å². The molecule has 5 aromatic rings. The van der Waals surface area contributed by atoms with Crippen molar-refractivity contribution in [1.29, 1.82) is 0 Å². The predicted octanol–water partition coefficient (Wildman–Crippen LogP) is 6.49. The van der Waals surface area contributed by atoms with Crippen molar-refractivity contribution in [2.45, 2.75) is 25.9 Å². The van der Waals surface area contributed by atoms with E-state index in [0.717, 1.165) is 42.6 Å². The highest BCUT2D eigenvalue weighted by Gasteiger charge is 2.20. The van der Waals surface area contributed by atoms with E-state index < -0.39 is 5.91 Å². The lowest BCUT2D eigenvalue weighted by molar-refractivity contribution is 0.0949. The third kappa shape index (κ3) is 5.32. The SMILES string of the molecule is NC(=O)c1ccc(-c2ccccc2CN2CCCc3cc(C(=O)NCc4ccc5ccccc5c4)ccc32)cc1. The average molecular weight is 526 g/mol. The summed E-state index contributed by atoms with van der Waals surface area (Å²) in [6, 6.07) is 36.4. The minimum Gasteiger partial charge on any atom is -0.367 e. The third-order valence-electron chi connectivity index (χ3n) is 7.68. The molecule has 0 aliphatic carbocycles. The fourth-order valence-corrected chi connectivity index (χ4v) is 5.57. The maximum atomic E-state index is 13.1. The highest BCUT2D eigenvalue weighted by molar-refractivity contribution is 5.95. The van der Waals surface area contributed by atoms with Gasteiger partial charge in [0.05, 0.1) is 0 Å². The number of amides is 2. The molecule has 1 heterocycles. The van der Waals surface area contributed by atoms with Gasteiger partial charge >= 0.3 is 0 Å². The zero-order valence-corrected chi connectivity index (χ0v) is 22.3. The molecule has 6 rings (SSSR count). The van der Waals surface area contributed by atoms with Gasteiger partial charge in [0.15, 0.2) is 0 Å². The van der Waals surface area contributed by atoms with Gasteiger partial charge in [0.25, 0.3) is 5.91 Å². The largest absolute Gasteiger partial charge is 0.367 e. The Morgan fingerprint density at radius 1 is 0.775 bits per heavy atom. The fourth-order valence-electron chi connectivity index (χ4n) is 5.57. The van der Waals surface area contributed by atoms with Crippen LogP contribution in [0.3, 0.4) is 0 Å². The maximum Gasteiger partial charge on any atom is 0.251 e. The molecule has 1 aliphatic rings. The van der Waals surface area contributed by atoms with Gasteiger partial charge in [-0.15, -0.1) is 0 Å². The number of anilines is 1. The summed E-state index contributed by atoms with van der Waals surface area (Å²) >= 11 is 0. The first kappa shape index (κ1) is 25.4. The molecule has 3 N–H and O–H groups in total. The lowest BCUT2D eigenvalue weighted by Crippen LogP contribution is -2.29. The molecule has 0 unspecified atom stereocenters. The Hall–Kier alpha value is -4.90. The summed E-state index contributed by atoms with van der Waals surface area (Å²) in [5.74, 6) is -0.482. The van der Waals surface area contributed by atoms with Crippen LogP contribution in [0.1, 0.15) is 43.8 Å². The summed E-state index contributed by atoms with van der Waals surface area (Å²) < 4.78 is 0. The Morgan fingerprint density at radius 3 is 2.35 bits per heavy atom. The van der Waals surface area contributed by atoms with Crippen LogP contribution in [-0.2, 0) is 19.5 Å². The molecule has 0 bridgehead atoms. The van der Waals surface area contributed by atoms with Crippen LogP contribution in [0.5, 0.6) is 0 Å². The van der Waals surface area contributed by atoms with Gasteiger partial charge in [-0.2, -0.15) is 0 Å². The first-order valence-electron chi connectivity index (χ1n) is 13.7. The Balaban J connectivity index is 1.17. The fraction of sp³-hybridized carbons (Fsp3) is 0.143. The van der Waals surface area contributed by atoms with E-state index in [4.69, 9.17) is 5.73 Å². The van der Waals surface area contributed by atoms with Crippen LogP contribution in [-0.4, -0.2) is 18.4 Å². The first-order chi connectivity index (χ1) is 19.5. The number of nitrogens with zero attached hydrogens (tertiary/aromatic N) is 1. The summed E-state index contributed by atoms with van der Waals surface area (Å²) in [4.78, 5) is 26.9. The number of fused-ring (bicyclic) bond motifs is 2.